The summed E-state index contributed by atoms with van der Waals surface area (Å²) in [7, 11) is 1.67. The number of amides is 1. The Balaban J connectivity index is 1.09. The summed E-state index contributed by atoms with van der Waals surface area (Å²) in [5.74, 6) is 2.61. The number of unbranched alkanes of at least 4 members (excludes halogenated alkanes) is 1. The first-order valence-electron chi connectivity index (χ1n) is 15.4. The summed E-state index contributed by atoms with van der Waals surface area (Å²) < 4.78 is 13.9. The molecule has 0 saturated heterocycles. The molecule has 1 amide bonds. The normalized spacial score (nSPS) is 11.2. The zero-order valence-electron chi connectivity index (χ0n) is 25.7. The highest BCUT2D eigenvalue weighted by Crippen LogP contribution is 2.29. The minimum Gasteiger partial charge on any atom is -0.493 e. The molecule has 226 valence electrons. The molecule has 0 aliphatic rings. The second-order valence-electron chi connectivity index (χ2n) is 10.8. The van der Waals surface area contributed by atoms with Crippen molar-refractivity contribution in [3.05, 3.63) is 120 Å². The average Bonchev–Trinajstić information content (AvgIpc) is 3.41. The molecule has 0 aliphatic heterocycles. The molecule has 0 fully saturated rings. The van der Waals surface area contributed by atoms with Gasteiger partial charge in [0, 0.05) is 19.5 Å². The fourth-order valence-corrected chi connectivity index (χ4v) is 5.39. The number of fused-ring (bicyclic) bond motifs is 1. The number of hydrogen-bond donors (Lipinski definition) is 1. The summed E-state index contributed by atoms with van der Waals surface area (Å²) in [5, 5.41) is 3.09. The molecule has 0 spiro atoms. The van der Waals surface area contributed by atoms with Gasteiger partial charge in [0.15, 0.2) is 11.5 Å². The van der Waals surface area contributed by atoms with E-state index in [0.29, 0.717) is 19.6 Å². The van der Waals surface area contributed by atoms with Gasteiger partial charge in [-0.1, -0.05) is 84.9 Å². The fraction of sp³-hybridized carbons (Fsp3) is 0.263. The summed E-state index contributed by atoms with van der Waals surface area (Å²) >= 11 is 0. The van der Waals surface area contributed by atoms with E-state index >= 15 is 0 Å². The molecule has 5 aromatic rings. The van der Waals surface area contributed by atoms with Crippen molar-refractivity contribution in [1.82, 2.24) is 14.9 Å². The molecule has 0 saturated carbocycles. The van der Waals surface area contributed by atoms with Crippen molar-refractivity contribution in [3.63, 3.8) is 0 Å². The van der Waals surface area contributed by atoms with Gasteiger partial charge in [-0.15, -0.1) is 0 Å². The number of nitrogens with zero attached hydrogens (tertiary/aromatic N) is 2. The third kappa shape index (κ3) is 8.16. The van der Waals surface area contributed by atoms with Gasteiger partial charge in [0.25, 0.3) is 0 Å². The number of ether oxygens (including phenoxy) is 2. The van der Waals surface area contributed by atoms with Crippen LogP contribution in [0.1, 0.15) is 43.1 Å². The molecule has 4 aromatic carbocycles. The van der Waals surface area contributed by atoms with E-state index in [0.717, 1.165) is 77.3 Å². The van der Waals surface area contributed by atoms with E-state index in [-0.39, 0.29) is 5.91 Å². The van der Waals surface area contributed by atoms with Crippen LogP contribution < -0.4 is 14.8 Å². The number of hydrogen-bond acceptors (Lipinski definition) is 4. The molecule has 1 heterocycles. The van der Waals surface area contributed by atoms with Crippen LogP contribution in [0.4, 0.5) is 0 Å². The summed E-state index contributed by atoms with van der Waals surface area (Å²) in [6.45, 7) is 4.09. The van der Waals surface area contributed by atoms with Crippen molar-refractivity contribution in [2.24, 2.45) is 0 Å². The lowest BCUT2D eigenvalue weighted by atomic mass is 10.0. The quantitative estimate of drug-likeness (QED) is 0.127. The van der Waals surface area contributed by atoms with Crippen LogP contribution in [0.3, 0.4) is 0 Å². The number of methoxy groups -OCH3 is 1. The summed E-state index contributed by atoms with van der Waals surface area (Å²) in [6.07, 6.45) is 7.93. The molecule has 0 unspecified atom stereocenters. The first-order valence-corrected chi connectivity index (χ1v) is 15.4. The number of nitrogens with one attached hydrogen (secondary N) is 1. The van der Waals surface area contributed by atoms with E-state index < -0.39 is 0 Å². The predicted octanol–water partition coefficient (Wildman–Crippen LogP) is 7.90. The van der Waals surface area contributed by atoms with Crippen LogP contribution in [0, 0.1) is 0 Å². The number of aromatic nitrogens is 2. The number of carbonyl (C=O) groups is 1. The molecule has 0 bridgehead atoms. The van der Waals surface area contributed by atoms with Crippen molar-refractivity contribution in [3.8, 4) is 22.6 Å². The number of imidazole rings is 1. The third-order valence-electron chi connectivity index (χ3n) is 7.64. The number of rotatable bonds is 15. The molecule has 6 nitrogen and oxygen atoms in total. The monoisotopic (exact) mass is 587 g/mol. The summed E-state index contributed by atoms with van der Waals surface area (Å²) in [6, 6.07) is 32.8. The highest BCUT2D eigenvalue weighted by atomic mass is 16.5. The fourth-order valence-electron chi connectivity index (χ4n) is 5.39. The molecule has 5 rings (SSSR count). The van der Waals surface area contributed by atoms with Crippen molar-refractivity contribution < 1.29 is 14.3 Å². The Kier molecular flexibility index (Phi) is 10.8. The lowest BCUT2D eigenvalue weighted by molar-refractivity contribution is -0.120. The van der Waals surface area contributed by atoms with Gasteiger partial charge in [0.2, 0.25) is 5.91 Å². The van der Waals surface area contributed by atoms with Gasteiger partial charge in [-0.3, -0.25) is 4.79 Å². The Morgan fingerprint density at radius 2 is 1.64 bits per heavy atom. The highest BCUT2D eigenvalue weighted by molar-refractivity contribution is 5.79. The van der Waals surface area contributed by atoms with E-state index in [1.807, 2.05) is 73.7 Å². The first-order chi connectivity index (χ1) is 21.6. The lowest BCUT2D eigenvalue weighted by Crippen LogP contribution is -2.26. The van der Waals surface area contributed by atoms with E-state index in [4.69, 9.17) is 14.5 Å². The smallest absolute Gasteiger partial charge is 0.224 e. The van der Waals surface area contributed by atoms with Crippen LogP contribution in [0.5, 0.6) is 11.5 Å². The van der Waals surface area contributed by atoms with Gasteiger partial charge in [-0.25, -0.2) is 4.98 Å². The number of allylic oxidation sites excluding steroid dienone is 1. The van der Waals surface area contributed by atoms with Gasteiger partial charge in [0.1, 0.15) is 5.82 Å². The lowest BCUT2D eigenvalue weighted by Gasteiger charge is -2.12. The summed E-state index contributed by atoms with van der Waals surface area (Å²) in [4.78, 5) is 17.5. The topological polar surface area (TPSA) is 65.4 Å². The predicted molar refractivity (Wildman–Crippen MR) is 179 cm³/mol. The van der Waals surface area contributed by atoms with Gasteiger partial charge in [-0.05, 0) is 72.7 Å². The highest BCUT2D eigenvalue weighted by Gasteiger charge is 2.11. The van der Waals surface area contributed by atoms with Crippen LogP contribution in [-0.2, 0) is 24.2 Å². The largest absolute Gasteiger partial charge is 0.493 e. The Morgan fingerprint density at radius 3 is 2.43 bits per heavy atom. The second kappa shape index (κ2) is 15.6. The molecule has 0 aliphatic carbocycles. The van der Waals surface area contributed by atoms with Gasteiger partial charge >= 0.3 is 0 Å². The number of aryl methyl sites for hydroxylation is 2. The Bertz CT molecular complexity index is 1670. The van der Waals surface area contributed by atoms with Crippen molar-refractivity contribution in [2.75, 3.05) is 20.3 Å². The molecule has 6 heteroatoms. The van der Waals surface area contributed by atoms with E-state index in [1.165, 1.54) is 5.56 Å². The Hall–Kier alpha value is -4.84. The molecular weight excluding hydrogens is 546 g/mol. The van der Waals surface area contributed by atoms with Crippen LogP contribution in [-0.4, -0.2) is 35.7 Å². The molecule has 1 N–H and O–H groups in total. The average molecular weight is 588 g/mol. The van der Waals surface area contributed by atoms with Crippen molar-refractivity contribution in [2.45, 2.75) is 45.6 Å². The molecule has 0 radical (unpaired) electrons. The van der Waals surface area contributed by atoms with Crippen LogP contribution in [0.2, 0.25) is 0 Å². The molecule has 0 atom stereocenters. The maximum atomic E-state index is 12.6. The molecule has 44 heavy (non-hydrogen) atoms. The van der Waals surface area contributed by atoms with Crippen LogP contribution in [0.25, 0.3) is 28.2 Å². The number of carbonyl (C=O) groups excluding carboxylic acids is 1. The van der Waals surface area contributed by atoms with Crippen LogP contribution in [0.15, 0.2) is 103 Å². The zero-order chi connectivity index (χ0) is 30.6. The van der Waals surface area contributed by atoms with Gasteiger partial charge in [-0.2, -0.15) is 0 Å². The zero-order valence-corrected chi connectivity index (χ0v) is 25.7. The van der Waals surface area contributed by atoms with Crippen molar-refractivity contribution in [1.29, 1.82) is 0 Å². The van der Waals surface area contributed by atoms with Crippen molar-refractivity contribution >= 4 is 23.0 Å². The van der Waals surface area contributed by atoms with Gasteiger partial charge in [0.05, 0.1) is 31.2 Å². The SMILES string of the molecule is C/C=C/c1ccc(OCCCCn2c(CCCNC(=O)Cc3ccc(-c4ccccc4)cc3)nc3ccccc32)c(OC)c1. The minimum absolute atomic E-state index is 0.0408. The number of benzene rings is 4. The number of para-hydroxylation sites is 2. The second-order valence-corrected chi connectivity index (χ2v) is 10.8. The van der Waals surface area contributed by atoms with E-state index in [9.17, 15) is 4.79 Å². The van der Waals surface area contributed by atoms with E-state index in [2.05, 4.69) is 52.3 Å². The third-order valence-corrected chi connectivity index (χ3v) is 7.64. The Morgan fingerprint density at radius 1 is 0.864 bits per heavy atom. The minimum atomic E-state index is 0.0408. The molecular formula is C38H41N3O3. The first kappa shape index (κ1) is 30.6. The molecule has 1 aromatic heterocycles. The standard InChI is InChI=1S/C38H41N3O3/c1-3-12-29-20-23-35(36(27-29)43-2)44-26-10-9-25-41-34-16-8-7-15-33(34)40-37(41)17-11-24-39-38(42)28-30-18-21-32(22-19-30)31-13-5-4-6-14-31/h3-8,12-16,18-23,27H,9-11,17,24-26,28H2,1-2H3,(H,39,42)/b12-3+. The van der Waals surface area contributed by atoms with Crippen LogP contribution >= 0.6 is 0 Å². The summed E-state index contributed by atoms with van der Waals surface area (Å²) in [5.41, 5.74) is 6.58. The Labute approximate surface area is 260 Å². The maximum absolute atomic E-state index is 12.6. The maximum Gasteiger partial charge on any atom is 0.224 e. The van der Waals surface area contributed by atoms with E-state index in [1.54, 1.807) is 7.11 Å². The van der Waals surface area contributed by atoms with Gasteiger partial charge < -0.3 is 19.4 Å².